The molecule has 1 atom stereocenters. The molecule has 0 aliphatic carbocycles. The Hall–Kier alpha value is -3.40. The third-order valence-electron chi connectivity index (χ3n) is 4.73. The van der Waals surface area contributed by atoms with Crippen molar-refractivity contribution in [2.75, 3.05) is 6.61 Å². The Balaban J connectivity index is 1.54. The lowest BCUT2D eigenvalue weighted by molar-refractivity contribution is -0.384. The van der Waals surface area contributed by atoms with Gasteiger partial charge in [-0.2, -0.15) is 5.10 Å². The molecule has 178 valence electrons. The number of aliphatic hydroxyl groups is 1. The van der Waals surface area contributed by atoms with Crippen molar-refractivity contribution in [3.8, 4) is 17.1 Å². The molecular formula is C23H21Cl2N3O6. The van der Waals surface area contributed by atoms with Gasteiger partial charge in [0.1, 0.15) is 22.3 Å². The Bertz CT molecular complexity index is 1190. The molecular weight excluding hydrogens is 485 g/mol. The van der Waals surface area contributed by atoms with Gasteiger partial charge in [-0.1, -0.05) is 35.3 Å². The van der Waals surface area contributed by atoms with E-state index in [2.05, 4.69) is 10.5 Å². The van der Waals surface area contributed by atoms with Crippen LogP contribution in [0.25, 0.3) is 11.3 Å². The van der Waals surface area contributed by atoms with Crippen molar-refractivity contribution < 1.29 is 24.0 Å². The molecule has 0 aliphatic rings. The van der Waals surface area contributed by atoms with Crippen LogP contribution in [0.5, 0.6) is 5.75 Å². The zero-order chi connectivity index (χ0) is 24.7. The van der Waals surface area contributed by atoms with Crippen LogP contribution in [0.3, 0.4) is 0 Å². The number of nitro benzene ring substituents is 1. The van der Waals surface area contributed by atoms with Gasteiger partial charge >= 0.3 is 0 Å². The first-order valence-corrected chi connectivity index (χ1v) is 11.0. The van der Waals surface area contributed by atoms with Crippen LogP contribution in [0.2, 0.25) is 10.0 Å². The van der Waals surface area contributed by atoms with Crippen LogP contribution in [-0.2, 0) is 4.79 Å². The van der Waals surface area contributed by atoms with Crippen molar-refractivity contribution >= 4 is 41.0 Å². The largest absolute Gasteiger partial charge is 0.494 e. The van der Waals surface area contributed by atoms with Crippen molar-refractivity contribution in [2.24, 2.45) is 5.10 Å². The van der Waals surface area contributed by atoms with Gasteiger partial charge in [0.2, 0.25) is 5.91 Å². The van der Waals surface area contributed by atoms with Crippen molar-refractivity contribution in [1.82, 2.24) is 5.43 Å². The number of rotatable bonds is 10. The maximum absolute atomic E-state index is 12.0. The molecule has 0 aliphatic heterocycles. The van der Waals surface area contributed by atoms with E-state index < -0.39 is 11.0 Å². The summed E-state index contributed by atoms with van der Waals surface area (Å²) in [6.07, 6.45) is 0.752. The summed E-state index contributed by atoms with van der Waals surface area (Å²) in [6.45, 7) is 2.44. The lowest BCUT2D eigenvalue weighted by Crippen LogP contribution is -2.18. The number of hydrazone groups is 1. The van der Waals surface area contributed by atoms with Crippen LogP contribution in [0.4, 0.5) is 5.69 Å². The second kappa shape index (κ2) is 11.6. The van der Waals surface area contributed by atoms with Crippen LogP contribution < -0.4 is 10.2 Å². The van der Waals surface area contributed by atoms with Crippen LogP contribution in [0, 0.1) is 10.1 Å². The van der Waals surface area contributed by atoms with Gasteiger partial charge in [0.05, 0.1) is 28.9 Å². The molecule has 2 aromatic carbocycles. The number of ether oxygens (including phenoxy) is 1. The molecule has 2 N–H and O–H groups in total. The molecule has 9 nitrogen and oxygen atoms in total. The Morgan fingerprint density at radius 3 is 2.65 bits per heavy atom. The number of hydrogen-bond acceptors (Lipinski definition) is 7. The molecule has 0 unspecified atom stereocenters. The van der Waals surface area contributed by atoms with E-state index in [9.17, 15) is 20.0 Å². The first kappa shape index (κ1) is 25.2. The fourth-order valence-corrected chi connectivity index (χ4v) is 3.59. The molecule has 11 heteroatoms. The molecule has 0 spiro atoms. The lowest BCUT2D eigenvalue weighted by Gasteiger charge is -2.11. The second-order valence-electron chi connectivity index (χ2n) is 7.09. The van der Waals surface area contributed by atoms with E-state index in [1.807, 2.05) is 6.92 Å². The highest BCUT2D eigenvalue weighted by molar-refractivity contribution is 6.37. The minimum absolute atomic E-state index is 0.0547. The standard InChI is InChI=1S/C23H21Cl2N3O6/c1-2-33-15-5-3-14(4-6-15)21(29)8-10-23(30)27-26-13-16-7-9-22(34-16)17-11-20(28(31)32)19(25)12-18(17)24/h3-7,9,11-13,21,29H,2,8,10H2,1H3,(H,27,30)/b26-13-/t21-/m1/s1. The summed E-state index contributed by atoms with van der Waals surface area (Å²) in [7, 11) is 0. The summed E-state index contributed by atoms with van der Waals surface area (Å²) < 4.78 is 11.0. The summed E-state index contributed by atoms with van der Waals surface area (Å²) >= 11 is 12.0. The number of nitrogens with one attached hydrogen (secondary N) is 1. The molecule has 0 bridgehead atoms. The second-order valence-corrected chi connectivity index (χ2v) is 7.91. The van der Waals surface area contributed by atoms with Gasteiger partial charge in [0.15, 0.2) is 0 Å². The normalized spacial score (nSPS) is 12.0. The van der Waals surface area contributed by atoms with Crippen LogP contribution in [0.1, 0.15) is 37.2 Å². The number of amides is 1. The average Bonchev–Trinajstić information content (AvgIpc) is 3.26. The van der Waals surface area contributed by atoms with Crippen LogP contribution >= 0.6 is 23.2 Å². The Kier molecular flexibility index (Phi) is 8.64. The first-order chi connectivity index (χ1) is 16.3. The Morgan fingerprint density at radius 1 is 1.24 bits per heavy atom. The lowest BCUT2D eigenvalue weighted by atomic mass is 10.0. The Morgan fingerprint density at radius 2 is 1.97 bits per heavy atom. The molecule has 34 heavy (non-hydrogen) atoms. The number of halogens is 2. The number of carbonyl (C=O) groups is 1. The van der Waals surface area contributed by atoms with E-state index in [1.54, 1.807) is 36.4 Å². The smallest absolute Gasteiger partial charge is 0.288 e. The maximum Gasteiger partial charge on any atom is 0.288 e. The monoisotopic (exact) mass is 505 g/mol. The number of benzene rings is 2. The first-order valence-electron chi connectivity index (χ1n) is 10.2. The van der Waals surface area contributed by atoms with E-state index in [1.165, 1.54) is 18.3 Å². The number of hydrogen-bond donors (Lipinski definition) is 2. The molecule has 0 radical (unpaired) electrons. The van der Waals surface area contributed by atoms with E-state index in [-0.39, 0.29) is 40.2 Å². The highest BCUT2D eigenvalue weighted by Gasteiger charge is 2.19. The predicted molar refractivity (Wildman–Crippen MR) is 128 cm³/mol. The molecule has 3 aromatic rings. The molecule has 3 rings (SSSR count). The van der Waals surface area contributed by atoms with Crippen molar-refractivity contribution in [3.63, 3.8) is 0 Å². The molecule has 0 fully saturated rings. The van der Waals surface area contributed by atoms with Gasteiger partial charge in [0, 0.05) is 18.1 Å². The summed E-state index contributed by atoms with van der Waals surface area (Å²) in [6, 6.07) is 12.7. The molecule has 1 amide bonds. The zero-order valence-electron chi connectivity index (χ0n) is 18.0. The molecule has 1 heterocycles. The van der Waals surface area contributed by atoms with E-state index in [0.717, 1.165) is 0 Å². The number of carbonyl (C=O) groups excluding carboxylic acids is 1. The van der Waals surface area contributed by atoms with Crippen LogP contribution in [0.15, 0.2) is 58.0 Å². The van der Waals surface area contributed by atoms with Gasteiger partial charge < -0.3 is 14.3 Å². The Labute approximate surface area is 205 Å². The quantitative estimate of drug-likeness (QED) is 0.212. The van der Waals surface area contributed by atoms with Crippen molar-refractivity contribution in [1.29, 1.82) is 0 Å². The molecule has 0 saturated carbocycles. The van der Waals surface area contributed by atoms with E-state index in [0.29, 0.717) is 29.2 Å². The van der Waals surface area contributed by atoms with Gasteiger partial charge in [-0.25, -0.2) is 5.43 Å². The summed E-state index contributed by atoms with van der Waals surface area (Å²) in [5, 5.41) is 25.3. The third kappa shape index (κ3) is 6.57. The highest BCUT2D eigenvalue weighted by atomic mass is 35.5. The van der Waals surface area contributed by atoms with Crippen LogP contribution in [-0.4, -0.2) is 28.8 Å². The number of furan rings is 1. The van der Waals surface area contributed by atoms with Gasteiger partial charge in [0.25, 0.3) is 5.69 Å². The minimum Gasteiger partial charge on any atom is -0.494 e. The highest BCUT2D eigenvalue weighted by Crippen LogP contribution is 2.37. The summed E-state index contributed by atoms with van der Waals surface area (Å²) in [4.78, 5) is 22.5. The maximum atomic E-state index is 12.0. The predicted octanol–water partition coefficient (Wildman–Crippen LogP) is 5.52. The number of nitrogens with zero attached hydrogens (tertiary/aromatic N) is 2. The number of nitro groups is 1. The zero-order valence-corrected chi connectivity index (χ0v) is 19.5. The fourth-order valence-electron chi connectivity index (χ4n) is 3.04. The van der Waals surface area contributed by atoms with E-state index >= 15 is 0 Å². The summed E-state index contributed by atoms with van der Waals surface area (Å²) in [5.74, 6) is 0.891. The third-order valence-corrected chi connectivity index (χ3v) is 5.34. The molecule has 0 saturated heterocycles. The van der Waals surface area contributed by atoms with Gasteiger partial charge in [-0.3, -0.25) is 14.9 Å². The van der Waals surface area contributed by atoms with E-state index in [4.69, 9.17) is 32.4 Å². The van der Waals surface area contributed by atoms with Gasteiger partial charge in [-0.05, 0) is 49.2 Å². The average molecular weight is 506 g/mol. The summed E-state index contributed by atoms with van der Waals surface area (Å²) in [5.41, 5.74) is 3.04. The SMILES string of the molecule is CCOc1ccc([C@H](O)CCC(=O)N/N=C\c2ccc(-c3cc([N+](=O)[O-])c(Cl)cc3Cl)o2)cc1. The topological polar surface area (TPSA) is 127 Å². The van der Waals surface area contributed by atoms with Crippen molar-refractivity contribution in [3.05, 3.63) is 80.0 Å². The fraction of sp³-hybridized carbons (Fsp3) is 0.217. The minimum atomic E-state index is -0.800. The molecule has 1 aromatic heterocycles. The van der Waals surface area contributed by atoms with Crippen molar-refractivity contribution in [2.45, 2.75) is 25.9 Å². The number of aliphatic hydroxyl groups excluding tert-OH is 1. The van der Waals surface area contributed by atoms with Gasteiger partial charge in [-0.15, -0.1) is 0 Å².